The SMILES string of the molecule is CC(C)COC(=O)N1C[C@H](C(N)=O)[C@H]2c3ccccc3N(C)C(=O)[C@]21C. The molecule has 2 aliphatic heterocycles. The summed E-state index contributed by atoms with van der Waals surface area (Å²) in [6.45, 7) is 5.89. The Bertz CT molecular complexity index is 763. The first kappa shape index (κ1) is 18.2. The van der Waals surface area contributed by atoms with E-state index in [-0.39, 0.29) is 25.0 Å². The zero-order valence-electron chi connectivity index (χ0n) is 15.6. The average molecular weight is 359 g/mol. The van der Waals surface area contributed by atoms with Gasteiger partial charge in [-0.15, -0.1) is 0 Å². The molecule has 0 aliphatic carbocycles. The second kappa shape index (κ2) is 6.30. The van der Waals surface area contributed by atoms with Crippen molar-refractivity contribution >= 4 is 23.6 Å². The molecular weight excluding hydrogens is 334 g/mol. The van der Waals surface area contributed by atoms with E-state index in [2.05, 4.69) is 0 Å². The van der Waals surface area contributed by atoms with Crippen molar-refractivity contribution in [2.24, 2.45) is 17.6 Å². The molecule has 140 valence electrons. The fraction of sp³-hybridized carbons (Fsp3) is 0.526. The predicted molar refractivity (Wildman–Crippen MR) is 96.6 cm³/mol. The maximum atomic E-state index is 13.2. The molecule has 3 rings (SSSR count). The van der Waals surface area contributed by atoms with Crippen LogP contribution in [0.25, 0.3) is 0 Å². The van der Waals surface area contributed by atoms with E-state index in [0.29, 0.717) is 0 Å². The highest BCUT2D eigenvalue weighted by Gasteiger charge is 2.63. The molecular formula is C19H25N3O4. The van der Waals surface area contributed by atoms with Crippen LogP contribution in [0.3, 0.4) is 0 Å². The van der Waals surface area contributed by atoms with Crippen molar-refractivity contribution in [2.45, 2.75) is 32.2 Å². The van der Waals surface area contributed by atoms with Crippen molar-refractivity contribution in [3.63, 3.8) is 0 Å². The van der Waals surface area contributed by atoms with Crippen molar-refractivity contribution in [1.82, 2.24) is 4.90 Å². The van der Waals surface area contributed by atoms with Gasteiger partial charge in [-0.3, -0.25) is 14.5 Å². The van der Waals surface area contributed by atoms with Gasteiger partial charge in [0.05, 0.1) is 12.5 Å². The van der Waals surface area contributed by atoms with E-state index in [9.17, 15) is 14.4 Å². The van der Waals surface area contributed by atoms with Gasteiger partial charge in [0.15, 0.2) is 0 Å². The van der Waals surface area contributed by atoms with Crippen LogP contribution in [0.5, 0.6) is 0 Å². The van der Waals surface area contributed by atoms with Crippen molar-refractivity contribution < 1.29 is 19.1 Å². The number of fused-ring (bicyclic) bond motifs is 3. The van der Waals surface area contributed by atoms with E-state index in [4.69, 9.17) is 10.5 Å². The van der Waals surface area contributed by atoms with E-state index in [1.165, 1.54) is 9.80 Å². The van der Waals surface area contributed by atoms with Crippen LogP contribution in [-0.2, 0) is 14.3 Å². The molecule has 1 fully saturated rings. The summed E-state index contributed by atoms with van der Waals surface area (Å²) in [6.07, 6.45) is -0.587. The number of anilines is 1. The number of nitrogens with two attached hydrogens (primary N) is 1. The number of primary amides is 1. The molecule has 2 aliphatic rings. The monoisotopic (exact) mass is 359 g/mol. The summed E-state index contributed by atoms with van der Waals surface area (Å²) >= 11 is 0. The van der Waals surface area contributed by atoms with Crippen LogP contribution in [-0.4, -0.2) is 48.5 Å². The summed E-state index contributed by atoms with van der Waals surface area (Å²) in [7, 11) is 1.68. The highest BCUT2D eigenvalue weighted by atomic mass is 16.6. The van der Waals surface area contributed by atoms with Crippen molar-refractivity contribution in [3.05, 3.63) is 29.8 Å². The molecule has 1 aromatic carbocycles. The summed E-state index contributed by atoms with van der Waals surface area (Å²) in [4.78, 5) is 41.0. The third-order valence-corrected chi connectivity index (χ3v) is 5.44. The third-order valence-electron chi connectivity index (χ3n) is 5.44. The lowest BCUT2D eigenvalue weighted by molar-refractivity contribution is -0.129. The van der Waals surface area contributed by atoms with Crippen molar-refractivity contribution in [1.29, 1.82) is 0 Å². The molecule has 0 aromatic heterocycles. The molecule has 3 amide bonds. The van der Waals surface area contributed by atoms with Gasteiger partial charge in [-0.2, -0.15) is 0 Å². The number of benzene rings is 1. The minimum absolute atomic E-state index is 0.0708. The van der Waals surface area contributed by atoms with E-state index >= 15 is 0 Å². The standard InChI is InChI=1S/C19H25N3O4/c1-11(2)10-26-18(25)22-9-13(16(20)23)15-12-7-5-6-8-14(12)21(4)17(24)19(15,22)3/h5-8,11,13,15H,9-10H2,1-4H3,(H2,20,23)/t13-,15+,19-/m0/s1. The van der Waals surface area contributed by atoms with E-state index in [1.54, 1.807) is 14.0 Å². The fourth-order valence-electron chi connectivity index (χ4n) is 4.16. The number of hydrogen-bond acceptors (Lipinski definition) is 4. The van der Waals surface area contributed by atoms with E-state index in [1.807, 2.05) is 38.1 Å². The van der Waals surface area contributed by atoms with Gasteiger partial charge in [-0.25, -0.2) is 4.79 Å². The number of hydrogen-bond donors (Lipinski definition) is 1. The molecule has 1 aromatic rings. The molecule has 0 radical (unpaired) electrons. The van der Waals surface area contributed by atoms with Crippen molar-refractivity contribution in [2.75, 3.05) is 25.1 Å². The summed E-state index contributed by atoms with van der Waals surface area (Å²) in [5.74, 6) is -1.74. The van der Waals surface area contributed by atoms with Crippen LogP contribution in [0.2, 0.25) is 0 Å². The Labute approximate surface area is 153 Å². The molecule has 26 heavy (non-hydrogen) atoms. The summed E-state index contributed by atoms with van der Waals surface area (Å²) in [6, 6.07) is 7.43. The number of rotatable bonds is 3. The number of para-hydroxylation sites is 1. The second-order valence-electron chi connectivity index (χ2n) is 7.64. The lowest BCUT2D eigenvalue weighted by atomic mass is 9.72. The van der Waals surface area contributed by atoms with Crippen molar-refractivity contribution in [3.8, 4) is 0 Å². The first-order chi connectivity index (χ1) is 12.2. The number of carbonyl (C=O) groups is 3. The number of likely N-dealkylation sites (N-methyl/N-ethyl adjacent to an activating group) is 1. The van der Waals surface area contributed by atoms with Crippen LogP contribution < -0.4 is 10.6 Å². The van der Waals surface area contributed by atoms with Crippen LogP contribution >= 0.6 is 0 Å². The largest absolute Gasteiger partial charge is 0.449 e. The van der Waals surface area contributed by atoms with E-state index < -0.39 is 29.4 Å². The van der Waals surface area contributed by atoms with Crippen LogP contribution in [0.15, 0.2) is 24.3 Å². The highest BCUT2D eigenvalue weighted by molar-refractivity contribution is 6.06. The minimum atomic E-state index is -1.21. The quantitative estimate of drug-likeness (QED) is 0.889. The van der Waals surface area contributed by atoms with Gasteiger partial charge in [-0.1, -0.05) is 32.0 Å². The smallest absolute Gasteiger partial charge is 0.410 e. The Balaban J connectivity index is 2.09. The van der Waals surface area contributed by atoms with Gasteiger partial charge in [-0.05, 0) is 24.5 Å². The van der Waals surface area contributed by atoms with Crippen LogP contribution in [0.1, 0.15) is 32.3 Å². The maximum Gasteiger partial charge on any atom is 0.410 e. The number of nitrogens with zero attached hydrogens (tertiary/aromatic N) is 2. The lowest BCUT2D eigenvalue weighted by Crippen LogP contribution is -2.61. The number of likely N-dealkylation sites (tertiary alicyclic amines) is 1. The molecule has 0 saturated carbocycles. The lowest BCUT2D eigenvalue weighted by Gasteiger charge is -2.45. The average Bonchev–Trinajstić information content (AvgIpc) is 2.92. The Kier molecular flexibility index (Phi) is 4.42. The fourth-order valence-corrected chi connectivity index (χ4v) is 4.16. The summed E-state index contributed by atoms with van der Waals surface area (Å²) in [5.41, 5.74) is 6.02. The summed E-state index contributed by atoms with van der Waals surface area (Å²) < 4.78 is 5.37. The van der Waals surface area contributed by atoms with E-state index in [0.717, 1.165) is 11.3 Å². The molecule has 2 heterocycles. The number of amides is 3. The molecule has 3 atom stereocenters. The van der Waals surface area contributed by atoms with Gasteiger partial charge in [0.2, 0.25) is 5.91 Å². The Hall–Kier alpha value is -2.57. The zero-order chi connectivity index (χ0) is 19.2. The maximum absolute atomic E-state index is 13.2. The topological polar surface area (TPSA) is 92.9 Å². The Morgan fingerprint density at radius 1 is 1.35 bits per heavy atom. The molecule has 2 N–H and O–H groups in total. The second-order valence-corrected chi connectivity index (χ2v) is 7.64. The Morgan fingerprint density at radius 2 is 2.00 bits per heavy atom. The first-order valence-corrected chi connectivity index (χ1v) is 8.80. The molecule has 0 bridgehead atoms. The van der Waals surface area contributed by atoms with Gasteiger partial charge in [0.1, 0.15) is 5.54 Å². The normalized spacial score (nSPS) is 27.3. The molecule has 7 nitrogen and oxygen atoms in total. The van der Waals surface area contributed by atoms with Gasteiger partial charge < -0.3 is 15.4 Å². The third kappa shape index (κ3) is 2.53. The molecule has 1 saturated heterocycles. The molecule has 0 unspecified atom stereocenters. The zero-order valence-corrected chi connectivity index (χ0v) is 15.6. The first-order valence-electron chi connectivity index (χ1n) is 8.80. The number of carbonyl (C=O) groups excluding carboxylic acids is 3. The summed E-state index contributed by atoms with van der Waals surface area (Å²) in [5, 5.41) is 0. The van der Waals surface area contributed by atoms with Crippen LogP contribution in [0, 0.1) is 11.8 Å². The van der Waals surface area contributed by atoms with Gasteiger partial charge in [0.25, 0.3) is 5.91 Å². The molecule has 7 heteroatoms. The predicted octanol–water partition coefficient (Wildman–Crippen LogP) is 1.71. The van der Waals surface area contributed by atoms with Gasteiger partial charge in [0, 0.05) is 25.2 Å². The number of ether oxygens (including phenoxy) is 1. The highest BCUT2D eigenvalue weighted by Crippen LogP contribution is 2.52. The molecule has 0 spiro atoms. The Morgan fingerprint density at radius 3 is 2.62 bits per heavy atom. The van der Waals surface area contributed by atoms with Crippen LogP contribution in [0.4, 0.5) is 10.5 Å². The minimum Gasteiger partial charge on any atom is -0.449 e. The van der Waals surface area contributed by atoms with Gasteiger partial charge >= 0.3 is 6.09 Å².